The smallest absolute Gasteiger partial charge is 0.246 e. The van der Waals surface area contributed by atoms with E-state index in [9.17, 15) is 12.8 Å². The highest BCUT2D eigenvalue weighted by atomic mass is 32.2. The standard InChI is InChI=1S/C13H20FNO3S/c1-11(2)10-15(8-9-18-3)19(16,17)13-7-5-4-6-12(13)14/h4-7,11H,8-10H2,1-3H3. The summed E-state index contributed by atoms with van der Waals surface area (Å²) >= 11 is 0. The molecular formula is C13H20FNO3S. The summed E-state index contributed by atoms with van der Waals surface area (Å²) in [4.78, 5) is -0.285. The molecule has 0 fully saturated rings. The monoisotopic (exact) mass is 289 g/mol. The topological polar surface area (TPSA) is 46.6 Å². The van der Waals surface area contributed by atoms with Gasteiger partial charge in [0.1, 0.15) is 10.7 Å². The van der Waals surface area contributed by atoms with E-state index >= 15 is 0 Å². The Morgan fingerprint density at radius 2 is 1.95 bits per heavy atom. The van der Waals surface area contributed by atoms with Crippen molar-refractivity contribution in [3.63, 3.8) is 0 Å². The van der Waals surface area contributed by atoms with Gasteiger partial charge < -0.3 is 4.74 Å². The van der Waals surface area contributed by atoms with Crippen LogP contribution in [0, 0.1) is 11.7 Å². The summed E-state index contributed by atoms with van der Waals surface area (Å²) in [5, 5.41) is 0. The second-order valence-corrected chi connectivity index (χ2v) is 6.59. The third-order valence-corrected chi connectivity index (χ3v) is 4.47. The number of nitrogens with zero attached hydrogens (tertiary/aromatic N) is 1. The molecule has 0 spiro atoms. The minimum Gasteiger partial charge on any atom is -0.383 e. The molecule has 19 heavy (non-hydrogen) atoms. The van der Waals surface area contributed by atoms with E-state index in [2.05, 4.69) is 0 Å². The molecule has 1 rings (SSSR count). The first-order chi connectivity index (χ1) is 8.89. The molecule has 4 nitrogen and oxygen atoms in total. The van der Waals surface area contributed by atoms with Gasteiger partial charge in [-0.1, -0.05) is 26.0 Å². The third kappa shape index (κ3) is 4.26. The highest BCUT2D eigenvalue weighted by Gasteiger charge is 2.27. The highest BCUT2D eigenvalue weighted by molar-refractivity contribution is 7.89. The lowest BCUT2D eigenvalue weighted by atomic mass is 10.2. The molecule has 0 aliphatic rings. The van der Waals surface area contributed by atoms with E-state index in [0.29, 0.717) is 6.54 Å². The molecule has 0 unspecified atom stereocenters. The van der Waals surface area contributed by atoms with Gasteiger partial charge in [0.25, 0.3) is 0 Å². The van der Waals surface area contributed by atoms with Gasteiger partial charge in [-0.25, -0.2) is 12.8 Å². The van der Waals surface area contributed by atoms with Crippen LogP contribution in [0.5, 0.6) is 0 Å². The molecule has 6 heteroatoms. The lowest BCUT2D eigenvalue weighted by Crippen LogP contribution is -2.37. The van der Waals surface area contributed by atoms with Gasteiger partial charge in [-0.2, -0.15) is 4.31 Å². The molecule has 0 atom stereocenters. The van der Waals surface area contributed by atoms with E-state index in [-0.39, 0.29) is 24.0 Å². The fourth-order valence-electron chi connectivity index (χ4n) is 1.70. The van der Waals surface area contributed by atoms with Crippen LogP contribution in [0.1, 0.15) is 13.8 Å². The van der Waals surface area contributed by atoms with Crippen molar-refractivity contribution >= 4 is 10.0 Å². The molecule has 0 amide bonds. The molecule has 108 valence electrons. The largest absolute Gasteiger partial charge is 0.383 e. The Labute approximate surface area is 114 Å². The normalized spacial score (nSPS) is 12.3. The van der Waals surface area contributed by atoms with Gasteiger partial charge in [-0.3, -0.25) is 0 Å². The number of rotatable bonds is 7. The zero-order chi connectivity index (χ0) is 14.5. The van der Waals surface area contributed by atoms with E-state index in [1.54, 1.807) is 0 Å². The van der Waals surface area contributed by atoms with Crippen LogP contribution in [0.15, 0.2) is 29.2 Å². The fourth-order valence-corrected chi connectivity index (χ4v) is 3.36. The third-order valence-electron chi connectivity index (χ3n) is 2.57. The second kappa shape index (κ2) is 6.98. The zero-order valence-electron chi connectivity index (χ0n) is 11.5. The van der Waals surface area contributed by atoms with Gasteiger partial charge in [0.05, 0.1) is 6.61 Å². The molecule has 0 bridgehead atoms. The van der Waals surface area contributed by atoms with Gasteiger partial charge in [-0.05, 0) is 18.1 Å². The fraction of sp³-hybridized carbons (Fsp3) is 0.538. The van der Waals surface area contributed by atoms with Gasteiger partial charge in [0, 0.05) is 20.2 Å². The Hall–Kier alpha value is -0.980. The van der Waals surface area contributed by atoms with Gasteiger partial charge in [0.2, 0.25) is 10.0 Å². The molecule has 1 aromatic carbocycles. The molecule has 0 heterocycles. The van der Waals surface area contributed by atoms with E-state index in [1.807, 2.05) is 13.8 Å². The SMILES string of the molecule is COCCN(CC(C)C)S(=O)(=O)c1ccccc1F. The molecule has 0 aliphatic heterocycles. The summed E-state index contributed by atoms with van der Waals surface area (Å²) in [6, 6.07) is 5.41. The molecule has 0 saturated carbocycles. The summed E-state index contributed by atoms with van der Waals surface area (Å²) in [5.74, 6) is -0.577. The van der Waals surface area contributed by atoms with Crippen molar-refractivity contribution in [1.82, 2.24) is 4.31 Å². The second-order valence-electron chi connectivity index (χ2n) is 4.68. The van der Waals surface area contributed by atoms with Crippen LogP contribution >= 0.6 is 0 Å². The number of methoxy groups -OCH3 is 1. The average Bonchev–Trinajstić information content (AvgIpc) is 2.34. The molecule has 1 aromatic rings. The van der Waals surface area contributed by atoms with E-state index in [0.717, 1.165) is 6.07 Å². The Morgan fingerprint density at radius 3 is 2.47 bits per heavy atom. The maximum absolute atomic E-state index is 13.7. The number of benzene rings is 1. The lowest BCUT2D eigenvalue weighted by Gasteiger charge is -2.23. The minimum atomic E-state index is -3.82. The highest BCUT2D eigenvalue weighted by Crippen LogP contribution is 2.19. The van der Waals surface area contributed by atoms with Crippen molar-refractivity contribution in [3.05, 3.63) is 30.1 Å². The number of ether oxygens (including phenoxy) is 1. The summed E-state index contributed by atoms with van der Waals surface area (Å²) in [7, 11) is -2.32. The molecule has 0 N–H and O–H groups in total. The number of halogens is 1. The van der Waals surface area contributed by atoms with Crippen LogP contribution in [-0.4, -0.2) is 39.5 Å². The molecule has 0 aliphatic carbocycles. The van der Waals surface area contributed by atoms with Gasteiger partial charge in [0.15, 0.2) is 0 Å². The predicted octanol–water partition coefficient (Wildman–Crippen LogP) is 2.12. The molecule has 0 aromatic heterocycles. The Bertz CT molecular complexity index is 502. The summed E-state index contributed by atoms with van der Waals surface area (Å²) in [5.41, 5.74) is 0. The summed E-state index contributed by atoms with van der Waals surface area (Å²) < 4.78 is 44.7. The first-order valence-corrected chi connectivity index (χ1v) is 7.57. The van der Waals surface area contributed by atoms with E-state index in [4.69, 9.17) is 4.74 Å². The van der Waals surface area contributed by atoms with Crippen molar-refractivity contribution in [2.45, 2.75) is 18.7 Å². The molecule has 0 saturated heterocycles. The number of hydrogen-bond acceptors (Lipinski definition) is 3. The van der Waals surface area contributed by atoms with E-state index in [1.165, 1.54) is 29.6 Å². The molecular weight excluding hydrogens is 269 g/mol. The van der Waals surface area contributed by atoms with Crippen LogP contribution in [0.4, 0.5) is 4.39 Å². The van der Waals surface area contributed by atoms with Crippen molar-refractivity contribution in [2.75, 3.05) is 26.8 Å². The van der Waals surface area contributed by atoms with Crippen LogP contribution in [0.3, 0.4) is 0 Å². The Morgan fingerprint density at radius 1 is 1.32 bits per heavy atom. The van der Waals surface area contributed by atoms with Crippen molar-refractivity contribution < 1.29 is 17.5 Å². The lowest BCUT2D eigenvalue weighted by molar-refractivity contribution is 0.175. The average molecular weight is 289 g/mol. The van der Waals surface area contributed by atoms with Crippen molar-refractivity contribution in [3.8, 4) is 0 Å². The zero-order valence-corrected chi connectivity index (χ0v) is 12.3. The summed E-state index contributed by atoms with van der Waals surface area (Å²) in [6.07, 6.45) is 0. The maximum atomic E-state index is 13.7. The Balaban J connectivity index is 3.08. The van der Waals surface area contributed by atoms with Crippen molar-refractivity contribution in [2.24, 2.45) is 5.92 Å². The minimum absolute atomic E-state index is 0.151. The maximum Gasteiger partial charge on any atom is 0.246 e. The number of hydrogen-bond donors (Lipinski definition) is 0. The van der Waals surface area contributed by atoms with Gasteiger partial charge in [-0.15, -0.1) is 0 Å². The van der Waals surface area contributed by atoms with Crippen LogP contribution in [0.25, 0.3) is 0 Å². The first kappa shape index (κ1) is 16.1. The number of sulfonamides is 1. The Kier molecular flexibility index (Phi) is 5.90. The van der Waals surface area contributed by atoms with Crippen LogP contribution < -0.4 is 0 Å². The van der Waals surface area contributed by atoms with Crippen LogP contribution in [-0.2, 0) is 14.8 Å². The molecule has 0 radical (unpaired) electrons. The van der Waals surface area contributed by atoms with E-state index < -0.39 is 15.8 Å². The first-order valence-electron chi connectivity index (χ1n) is 6.13. The quantitative estimate of drug-likeness (QED) is 0.772. The van der Waals surface area contributed by atoms with Gasteiger partial charge >= 0.3 is 0 Å². The summed E-state index contributed by atoms with van der Waals surface area (Å²) in [6.45, 7) is 4.65. The predicted molar refractivity (Wildman–Crippen MR) is 71.9 cm³/mol. The van der Waals surface area contributed by atoms with Crippen molar-refractivity contribution in [1.29, 1.82) is 0 Å². The van der Waals surface area contributed by atoms with Crippen LogP contribution in [0.2, 0.25) is 0 Å².